The van der Waals surface area contributed by atoms with Crippen molar-refractivity contribution in [1.29, 1.82) is 0 Å². The second-order valence-electron chi connectivity index (χ2n) is 4.74. The van der Waals surface area contributed by atoms with Gasteiger partial charge >= 0.3 is 0 Å². The zero-order valence-electron chi connectivity index (χ0n) is 10.8. The summed E-state index contributed by atoms with van der Waals surface area (Å²) in [6.45, 7) is 0.901. The second kappa shape index (κ2) is 5.27. The topological polar surface area (TPSA) is 30.9 Å². The molecular weight excluding hydrogens is 275 g/mol. The van der Waals surface area contributed by atoms with Crippen LogP contribution in [-0.4, -0.2) is 4.57 Å². The summed E-state index contributed by atoms with van der Waals surface area (Å²) < 4.78 is 15.9. The van der Waals surface area contributed by atoms with Crippen LogP contribution in [0, 0.1) is 5.82 Å². The van der Waals surface area contributed by atoms with Gasteiger partial charge in [0, 0.05) is 34.2 Å². The van der Waals surface area contributed by atoms with Crippen LogP contribution in [0.1, 0.15) is 11.1 Å². The Kier molecular flexibility index (Phi) is 3.47. The summed E-state index contributed by atoms with van der Waals surface area (Å²) in [6, 6.07) is 12.6. The predicted molar refractivity (Wildman–Crippen MR) is 80.3 cm³/mol. The fourth-order valence-corrected chi connectivity index (χ4v) is 2.66. The Morgan fingerprint density at radius 2 is 1.90 bits per heavy atom. The Bertz CT molecular complexity index is 764. The van der Waals surface area contributed by atoms with Crippen LogP contribution in [-0.2, 0) is 13.1 Å². The van der Waals surface area contributed by atoms with Crippen molar-refractivity contribution in [1.82, 2.24) is 4.57 Å². The number of aromatic nitrogens is 1. The molecule has 0 saturated carbocycles. The van der Waals surface area contributed by atoms with Gasteiger partial charge in [-0.1, -0.05) is 29.8 Å². The van der Waals surface area contributed by atoms with Gasteiger partial charge in [0.15, 0.2) is 0 Å². The van der Waals surface area contributed by atoms with Gasteiger partial charge in [0.05, 0.1) is 6.54 Å². The molecule has 2 N–H and O–H groups in total. The average Bonchev–Trinajstić information content (AvgIpc) is 2.81. The lowest BCUT2D eigenvalue weighted by Gasteiger charge is -2.07. The molecule has 102 valence electrons. The standard InChI is InChI=1S/C16H14ClFN2/c17-13-5-6-15(18)11(7-13)9-20-10-12(8-19)14-3-1-2-4-16(14)20/h1-7,10H,8-9,19H2. The van der Waals surface area contributed by atoms with E-state index in [0.29, 0.717) is 23.7 Å². The van der Waals surface area contributed by atoms with Gasteiger partial charge in [0.25, 0.3) is 0 Å². The summed E-state index contributed by atoms with van der Waals surface area (Å²) in [4.78, 5) is 0. The molecule has 0 aliphatic heterocycles. The van der Waals surface area contributed by atoms with E-state index in [1.165, 1.54) is 6.07 Å². The molecule has 3 rings (SSSR count). The van der Waals surface area contributed by atoms with Crippen molar-refractivity contribution in [3.05, 3.63) is 70.6 Å². The molecular formula is C16H14ClFN2. The fourth-order valence-electron chi connectivity index (χ4n) is 2.46. The van der Waals surface area contributed by atoms with Gasteiger partial charge in [-0.15, -0.1) is 0 Å². The van der Waals surface area contributed by atoms with Gasteiger partial charge in [0.1, 0.15) is 5.82 Å². The third-order valence-electron chi connectivity index (χ3n) is 3.44. The van der Waals surface area contributed by atoms with Gasteiger partial charge < -0.3 is 10.3 Å². The smallest absolute Gasteiger partial charge is 0.128 e. The predicted octanol–water partition coefficient (Wildman–Crippen LogP) is 3.94. The van der Waals surface area contributed by atoms with Crippen molar-refractivity contribution in [2.24, 2.45) is 5.73 Å². The van der Waals surface area contributed by atoms with E-state index < -0.39 is 0 Å². The van der Waals surface area contributed by atoms with Gasteiger partial charge in [0.2, 0.25) is 0 Å². The number of nitrogens with zero attached hydrogens (tertiary/aromatic N) is 1. The fraction of sp³-hybridized carbons (Fsp3) is 0.125. The number of rotatable bonds is 3. The second-order valence-corrected chi connectivity index (χ2v) is 5.18. The van der Waals surface area contributed by atoms with Gasteiger partial charge in [-0.05, 0) is 29.8 Å². The molecule has 0 spiro atoms. The molecule has 20 heavy (non-hydrogen) atoms. The molecule has 0 bridgehead atoms. The van der Waals surface area contributed by atoms with E-state index >= 15 is 0 Å². The van der Waals surface area contributed by atoms with Crippen molar-refractivity contribution < 1.29 is 4.39 Å². The molecule has 0 fully saturated rings. The minimum Gasteiger partial charge on any atom is -0.343 e. The first-order chi connectivity index (χ1) is 9.69. The first-order valence-electron chi connectivity index (χ1n) is 6.40. The van der Waals surface area contributed by atoms with Crippen LogP contribution in [0.15, 0.2) is 48.7 Å². The van der Waals surface area contributed by atoms with E-state index in [2.05, 4.69) is 0 Å². The third-order valence-corrected chi connectivity index (χ3v) is 3.67. The molecule has 3 aromatic rings. The highest BCUT2D eigenvalue weighted by atomic mass is 35.5. The first-order valence-corrected chi connectivity index (χ1v) is 6.77. The maximum absolute atomic E-state index is 13.8. The molecule has 0 aliphatic rings. The van der Waals surface area contributed by atoms with Crippen LogP contribution in [0.4, 0.5) is 4.39 Å². The largest absolute Gasteiger partial charge is 0.343 e. The maximum atomic E-state index is 13.8. The van der Waals surface area contributed by atoms with E-state index in [1.807, 2.05) is 35.0 Å². The number of hydrogen-bond acceptors (Lipinski definition) is 1. The van der Waals surface area contributed by atoms with Crippen LogP contribution in [0.3, 0.4) is 0 Å². The zero-order valence-corrected chi connectivity index (χ0v) is 11.6. The number of fused-ring (bicyclic) bond motifs is 1. The summed E-state index contributed by atoms with van der Waals surface area (Å²) in [6.07, 6.45) is 1.98. The lowest BCUT2D eigenvalue weighted by Crippen LogP contribution is -2.01. The summed E-state index contributed by atoms with van der Waals surface area (Å²) in [5, 5.41) is 1.65. The summed E-state index contributed by atoms with van der Waals surface area (Å²) in [5.74, 6) is -0.249. The van der Waals surface area contributed by atoms with E-state index in [0.717, 1.165) is 16.5 Å². The van der Waals surface area contributed by atoms with Crippen LogP contribution >= 0.6 is 11.6 Å². The quantitative estimate of drug-likeness (QED) is 0.777. The molecule has 1 aromatic heterocycles. The lowest BCUT2D eigenvalue weighted by molar-refractivity contribution is 0.602. The van der Waals surface area contributed by atoms with Crippen LogP contribution in [0.5, 0.6) is 0 Å². The number of halogens is 2. The highest BCUT2D eigenvalue weighted by Crippen LogP contribution is 2.23. The Labute approximate surface area is 121 Å². The molecule has 1 heterocycles. The molecule has 4 heteroatoms. The Morgan fingerprint density at radius 3 is 2.70 bits per heavy atom. The Balaban J connectivity index is 2.09. The third kappa shape index (κ3) is 2.30. The van der Waals surface area contributed by atoms with Crippen LogP contribution < -0.4 is 5.73 Å². The molecule has 0 atom stereocenters. The van der Waals surface area contributed by atoms with Gasteiger partial charge in [-0.3, -0.25) is 0 Å². The maximum Gasteiger partial charge on any atom is 0.128 e. The van der Waals surface area contributed by atoms with Gasteiger partial charge in [-0.25, -0.2) is 4.39 Å². The van der Waals surface area contributed by atoms with E-state index in [-0.39, 0.29) is 5.82 Å². The van der Waals surface area contributed by atoms with E-state index in [4.69, 9.17) is 17.3 Å². The zero-order chi connectivity index (χ0) is 14.1. The number of hydrogen-bond donors (Lipinski definition) is 1. The highest BCUT2D eigenvalue weighted by Gasteiger charge is 2.09. The molecule has 2 nitrogen and oxygen atoms in total. The monoisotopic (exact) mass is 288 g/mol. The van der Waals surface area contributed by atoms with Crippen molar-refractivity contribution in [2.75, 3.05) is 0 Å². The highest BCUT2D eigenvalue weighted by molar-refractivity contribution is 6.30. The summed E-state index contributed by atoms with van der Waals surface area (Å²) in [7, 11) is 0. The van der Waals surface area contributed by atoms with Gasteiger partial charge in [-0.2, -0.15) is 0 Å². The van der Waals surface area contributed by atoms with E-state index in [1.54, 1.807) is 12.1 Å². The molecule has 0 amide bonds. The number of para-hydroxylation sites is 1. The molecule has 0 saturated heterocycles. The van der Waals surface area contributed by atoms with E-state index in [9.17, 15) is 4.39 Å². The van der Waals surface area contributed by atoms with Crippen molar-refractivity contribution >= 4 is 22.5 Å². The SMILES string of the molecule is NCc1cn(Cc2cc(Cl)ccc2F)c2ccccc12. The number of benzene rings is 2. The van der Waals surface area contributed by atoms with Crippen LogP contribution in [0.25, 0.3) is 10.9 Å². The lowest BCUT2D eigenvalue weighted by atomic mass is 10.2. The van der Waals surface area contributed by atoms with Crippen molar-refractivity contribution in [3.8, 4) is 0 Å². The van der Waals surface area contributed by atoms with Crippen LogP contribution in [0.2, 0.25) is 5.02 Å². The summed E-state index contributed by atoms with van der Waals surface area (Å²) >= 11 is 5.94. The molecule has 2 aromatic carbocycles. The molecule has 0 aliphatic carbocycles. The average molecular weight is 289 g/mol. The molecule has 0 radical (unpaired) electrons. The normalized spacial score (nSPS) is 11.2. The van der Waals surface area contributed by atoms with Crippen molar-refractivity contribution in [3.63, 3.8) is 0 Å². The minimum absolute atomic E-state index is 0.249. The Hall–Kier alpha value is -1.84. The van der Waals surface area contributed by atoms with Crippen molar-refractivity contribution in [2.45, 2.75) is 13.1 Å². The summed E-state index contributed by atoms with van der Waals surface area (Å²) in [5.41, 5.74) is 8.45. The number of nitrogens with two attached hydrogens (primary N) is 1. The Morgan fingerprint density at radius 1 is 1.10 bits per heavy atom. The minimum atomic E-state index is -0.249. The molecule has 0 unspecified atom stereocenters. The first kappa shape index (κ1) is 13.2.